The summed E-state index contributed by atoms with van der Waals surface area (Å²) >= 11 is 0. The number of likely N-dealkylation sites (tertiary alicyclic amines) is 1. The lowest BCUT2D eigenvalue weighted by atomic mass is 10.00. The van der Waals surface area contributed by atoms with E-state index in [2.05, 4.69) is 11.7 Å². The molecule has 0 N–H and O–H groups in total. The Balaban J connectivity index is 2.31. The van der Waals surface area contributed by atoms with Crippen LogP contribution in [0, 0.1) is 5.92 Å². The summed E-state index contributed by atoms with van der Waals surface area (Å²) in [7, 11) is 0. The van der Waals surface area contributed by atoms with Crippen molar-refractivity contribution in [2.45, 2.75) is 33.0 Å². The summed E-state index contributed by atoms with van der Waals surface area (Å²) in [5, 5.41) is 0. The fourth-order valence-electron chi connectivity index (χ4n) is 1.40. The Labute approximate surface area is 77.9 Å². The molecule has 1 aliphatic heterocycles. The molecule has 1 rings (SSSR count). The molecular weight excluding hydrogens is 173 g/mol. The molecule has 0 bridgehead atoms. The number of carbonyl (C=O) groups is 1. The average Bonchev–Trinajstić information content (AvgIpc) is 2.04. The van der Waals surface area contributed by atoms with E-state index < -0.39 is 12.5 Å². The average molecular weight is 189 g/mol. The van der Waals surface area contributed by atoms with E-state index in [4.69, 9.17) is 0 Å². The predicted octanol–water partition coefficient (Wildman–Crippen LogP) is 2.17. The number of carbonyl (C=O) groups excluding carboxylic acids is 1. The highest BCUT2D eigenvalue weighted by Gasteiger charge is 2.22. The van der Waals surface area contributed by atoms with Crippen LogP contribution in [0.1, 0.15) is 26.7 Å². The fraction of sp³-hybridized carbons (Fsp3) is 0.889. The molecule has 1 unspecified atom stereocenters. The summed E-state index contributed by atoms with van der Waals surface area (Å²) in [6, 6.07) is 0. The number of hydrogen-bond donors (Lipinski definition) is 0. The zero-order chi connectivity index (χ0) is 9.84. The molecule has 0 spiro atoms. The van der Waals surface area contributed by atoms with Crippen molar-refractivity contribution in [1.29, 1.82) is 0 Å². The minimum Gasteiger partial charge on any atom is -0.415 e. The third kappa shape index (κ3) is 3.20. The van der Waals surface area contributed by atoms with Crippen molar-refractivity contribution in [2.75, 3.05) is 13.1 Å². The van der Waals surface area contributed by atoms with Crippen LogP contribution in [-0.2, 0) is 4.74 Å². The highest BCUT2D eigenvalue weighted by molar-refractivity contribution is 5.67. The van der Waals surface area contributed by atoms with E-state index >= 15 is 0 Å². The molecule has 1 heterocycles. The molecule has 1 aliphatic rings. The first-order valence-electron chi connectivity index (χ1n) is 4.69. The third-order valence-corrected chi connectivity index (χ3v) is 2.31. The summed E-state index contributed by atoms with van der Waals surface area (Å²) in [6.45, 7) is 4.74. The molecular formula is C9H16FNO2. The molecule has 0 aromatic rings. The van der Waals surface area contributed by atoms with Gasteiger partial charge in [0.15, 0.2) is 0 Å². The monoisotopic (exact) mass is 189 g/mol. The maximum absolute atomic E-state index is 12.3. The maximum atomic E-state index is 12.3. The smallest absolute Gasteiger partial charge is 0.412 e. The zero-order valence-electron chi connectivity index (χ0n) is 8.12. The number of rotatable bonds is 1. The van der Waals surface area contributed by atoms with Crippen LogP contribution in [0.4, 0.5) is 9.18 Å². The lowest BCUT2D eigenvalue weighted by molar-refractivity contribution is 0.00142. The molecule has 0 aromatic carbocycles. The Kier molecular flexibility index (Phi) is 3.51. The SMILES string of the molecule is CC1CCN(C(=O)OC(C)F)CC1. The van der Waals surface area contributed by atoms with Gasteiger partial charge in [0.25, 0.3) is 0 Å². The first kappa shape index (κ1) is 10.3. The van der Waals surface area contributed by atoms with Gasteiger partial charge in [-0.05, 0) is 18.8 Å². The number of hydrogen-bond acceptors (Lipinski definition) is 2. The van der Waals surface area contributed by atoms with Crippen LogP contribution in [0.2, 0.25) is 0 Å². The van der Waals surface area contributed by atoms with Crippen molar-refractivity contribution < 1.29 is 13.9 Å². The summed E-state index contributed by atoms with van der Waals surface area (Å²) in [6.07, 6.45) is -0.0697. The van der Waals surface area contributed by atoms with Crippen LogP contribution in [0.25, 0.3) is 0 Å². The minimum absolute atomic E-state index is 0.526. The van der Waals surface area contributed by atoms with Gasteiger partial charge in [0.05, 0.1) is 0 Å². The summed E-state index contributed by atoms with van der Waals surface area (Å²) < 4.78 is 16.8. The second-order valence-corrected chi connectivity index (χ2v) is 3.60. The lowest BCUT2D eigenvalue weighted by Crippen LogP contribution is -2.39. The van der Waals surface area contributed by atoms with Crippen LogP contribution in [0.15, 0.2) is 0 Å². The summed E-state index contributed by atoms with van der Waals surface area (Å²) in [4.78, 5) is 12.7. The normalized spacial score (nSPS) is 21.3. The van der Waals surface area contributed by atoms with Gasteiger partial charge in [0.1, 0.15) is 0 Å². The molecule has 1 saturated heterocycles. The lowest BCUT2D eigenvalue weighted by Gasteiger charge is -2.29. The van der Waals surface area contributed by atoms with E-state index in [9.17, 15) is 9.18 Å². The number of alkyl halides is 1. The number of ether oxygens (including phenoxy) is 1. The standard InChI is InChI=1S/C9H16FNO2/c1-7-3-5-11(6-4-7)9(12)13-8(2)10/h7-8H,3-6H2,1-2H3. The summed E-state index contributed by atoms with van der Waals surface area (Å²) in [5.41, 5.74) is 0. The molecule has 1 fully saturated rings. The van der Waals surface area contributed by atoms with Crippen molar-refractivity contribution in [3.63, 3.8) is 0 Å². The molecule has 13 heavy (non-hydrogen) atoms. The van der Waals surface area contributed by atoms with Gasteiger partial charge in [-0.15, -0.1) is 0 Å². The van der Waals surface area contributed by atoms with Crippen molar-refractivity contribution in [3.8, 4) is 0 Å². The van der Waals surface area contributed by atoms with E-state index in [0.717, 1.165) is 12.8 Å². The molecule has 76 valence electrons. The zero-order valence-corrected chi connectivity index (χ0v) is 8.12. The van der Waals surface area contributed by atoms with Crippen LogP contribution >= 0.6 is 0 Å². The van der Waals surface area contributed by atoms with E-state index in [-0.39, 0.29) is 0 Å². The Morgan fingerprint density at radius 1 is 1.54 bits per heavy atom. The van der Waals surface area contributed by atoms with Gasteiger partial charge in [0.2, 0.25) is 6.36 Å². The first-order chi connectivity index (χ1) is 6.09. The van der Waals surface area contributed by atoms with Crippen LogP contribution in [0.5, 0.6) is 0 Å². The Morgan fingerprint density at radius 3 is 2.54 bits per heavy atom. The van der Waals surface area contributed by atoms with Crippen LogP contribution < -0.4 is 0 Å². The predicted molar refractivity (Wildman–Crippen MR) is 47.0 cm³/mol. The highest BCUT2D eigenvalue weighted by Crippen LogP contribution is 2.16. The molecule has 1 amide bonds. The molecule has 0 aromatic heterocycles. The van der Waals surface area contributed by atoms with Gasteiger partial charge in [-0.25, -0.2) is 9.18 Å². The van der Waals surface area contributed by atoms with Crippen molar-refractivity contribution in [3.05, 3.63) is 0 Å². The maximum Gasteiger partial charge on any atom is 0.412 e. The molecule has 0 aliphatic carbocycles. The van der Waals surface area contributed by atoms with Crippen LogP contribution in [0.3, 0.4) is 0 Å². The number of amides is 1. The van der Waals surface area contributed by atoms with Gasteiger partial charge in [-0.2, -0.15) is 0 Å². The quantitative estimate of drug-likeness (QED) is 0.632. The van der Waals surface area contributed by atoms with Crippen LogP contribution in [-0.4, -0.2) is 30.4 Å². The molecule has 3 nitrogen and oxygen atoms in total. The van der Waals surface area contributed by atoms with Gasteiger partial charge >= 0.3 is 6.09 Å². The van der Waals surface area contributed by atoms with E-state index in [1.165, 1.54) is 6.92 Å². The third-order valence-electron chi connectivity index (χ3n) is 2.31. The number of halogens is 1. The number of piperidine rings is 1. The first-order valence-corrected chi connectivity index (χ1v) is 4.69. The second-order valence-electron chi connectivity index (χ2n) is 3.60. The molecule has 4 heteroatoms. The topological polar surface area (TPSA) is 29.5 Å². The van der Waals surface area contributed by atoms with Gasteiger partial charge < -0.3 is 9.64 Å². The highest BCUT2D eigenvalue weighted by atomic mass is 19.1. The van der Waals surface area contributed by atoms with E-state index in [1.54, 1.807) is 4.90 Å². The van der Waals surface area contributed by atoms with Crippen molar-refractivity contribution in [2.24, 2.45) is 5.92 Å². The van der Waals surface area contributed by atoms with Gasteiger partial charge in [-0.1, -0.05) is 6.92 Å². The molecule has 0 radical (unpaired) electrons. The fourth-order valence-corrected chi connectivity index (χ4v) is 1.40. The van der Waals surface area contributed by atoms with Gasteiger partial charge in [-0.3, -0.25) is 0 Å². The molecule has 0 saturated carbocycles. The Morgan fingerprint density at radius 2 is 2.08 bits per heavy atom. The van der Waals surface area contributed by atoms with Crippen molar-refractivity contribution in [1.82, 2.24) is 4.90 Å². The minimum atomic E-state index is -1.51. The second kappa shape index (κ2) is 4.44. The number of nitrogens with zero attached hydrogens (tertiary/aromatic N) is 1. The van der Waals surface area contributed by atoms with E-state index in [0.29, 0.717) is 19.0 Å². The van der Waals surface area contributed by atoms with E-state index in [1.807, 2.05) is 0 Å². The van der Waals surface area contributed by atoms with Crippen molar-refractivity contribution >= 4 is 6.09 Å². The Hall–Kier alpha value is -0.800. The van der Waals surface area contributed by atoms with Gasteiger partial charge in [0, 0.05) is 20.0 Å². The largest absolute Gasteiger partial charge is 0.415 e. The Bertz CT molecular complexity index is 176. The molecule has 1 atom stereocenters. The summed E-state index contributed by atoms with van der Waals surface area (Å²) in [5.74, 6) is 0.659.